The van der Waals surface area contributed by atoms with Crippen LogP contribution < -0.4 is 11.1 Å². The Balaban J connectivity index is 2.19. The summed E-state index contributed by atoms with van der Waals surface area (Å²) in [6.45, 7) is 0.328. The number of benzene rings is 1. The zero-order chi connectivity index (χ0) is 15.6. The lowest BCUT2D eigenvalue weighted by atomic mass is 9.66. The molecule has 6 nitrogen and oxygen atoms in total. The Morgan fingerprint density at radius 2 is 2.10 bits per heavy atom. The van der Waals surface area contributed by atoms with E-state index in [0.717, 1.165) is 19.3 Å². The largest absolute Gasteiger partial charge is 0.330 e. The summed E-state index contributed by atoms with van der Waals surface area (Å²) in [6.07, 6.45) is 2.63. The summed E-state index contributed by atoms with van der Waals surface area (Å²) >= 11 is 0. The second kappa shape index (κ2) is 5.72. The van der Waals surface area contributed by atoms with Gasteiger partial charge in [0.15, 0.2) is 11.5 Å². The Bertz CT molecular complexity index is 583. The molecule has 0 aliphatic heterocycles. The van der Waals surface area contributed by atoms with Gasteiger partial charge in [0.1, 0.15) is 5.82 Å². The molecule has 0 aromatic heterocycles. The lowest BCUT2D eigenvalue weighted by Gasteiger charge is -2.40. The number of halogens is 2. The predicted molar refractivity (Wildman–Crippen MR) is 71.6 cm³/mol. The quantitative estimate of drug-likeness (QED) is 0.644. The minimum absolute atomic E-state index is 0.0669. The van der Waals surface area contributed by atoms with E-state index in [0.29, 0.717) is 18.7 Å². The van der Waals surface area contributed by atoms with Gasteiger partial charge in [-0.2, -0.15) is 0 Å². The maximum Gasteiger partial charge on any atom is 0.298 e. The maximum absolute atomic E-state index is 13.7. The molecule has 1 saturated carbocycles. The summed E-state index contributed by atoms with van der Waals surface area (Å²) in [5, 5.41) is 13.0. The van der Waals surface area contributed by atoms with Gasteiger partial charge in [-0.15, -0.1) is 0 Å². The minimum atomic E-state index is -1.18. The number of carbonyl (C=O) groups is 1. The van der Waals surface area contributed by atoms with Crippen LogP contribution in [0.15, 0.2) is 12.1 Å². The van der Waals surface area contributed by atoms with Crippen LogP contribution in [0.3, 0.4) is 0 Å². The van der Waals surface area contributed by atoms with Crippen molar-refractivity contribution in [3.8, 4) is 0 Å². The number of amides is 1. The van der Waals surface area contributed by atoms with Crippen LogP contribution in [-0.2, 0) is 4.79 Å². The van der Waals surface area contributed by atoms with Crippen molar-refractivity contribution in [3.05, 3.63) is 33.9 Å². The zero-order valence-corrected chi connectivity index (χ0v) is 11.2. The fraction of sp³-hybridized carbons (Fsp3) is 0.462. The number of carbonyl (C=O) groups excluding carboxylic acids is 1. The third-order valence-electron chi connectivity index (χ3n) is 3.88. The van der Waals surface area contributed by atoms with Crippen molar-refractivity contribution >= 4 is 17.3 Å². The summed E-state index contributed by atoms with van der Waals surface area (Å²) in [5.41, 5.74) is 3.89. The Morgan fingerprint density at radius 1 is 1.43 bits per heavy atom. The van der Waals surface area contributed by atoms with Gasteiger partial charge in [-0.05, 0) is 24.8 Å². The number of hydrogen-bond donors (Lipinski definition) is 2. The average molecular weight is 299 g/mol. The van der Waals surface area contributed by atoms with Crippen LogP contribution in [0.2, 0.25) is 0 Å². The Labute approximate surface area is 119 Å². The topological polar surface area (TPSA) is 98.3 Å². The first kappa shape index (κ1) is 15.3. The van der Waals surface area contributed by atoms with Gasteiger partial charge >= 0.3 is 0 Å². The van der Waals surface area contributed by atoms with Gasteiger partial charge in [-0.25, -0.2) is 8.78 Å². The number of rotatable bonds is 5. The van der Waals surface area contributed by atoms with Crippen LogP contribution in [0, 0.1) is 27.2 Å². The van der Waals surface area contributed by atoms with Crippen LogP contribution >= 0.6 is 0 Å². The first-order chi connectivity index (χ1) is 9.87. The lowest BCUT2D eigenvalue weighted by Crippen LogP contribution is -2.40. The zero-order valence-electron chi connectivity index (χ0n) is 11.2. The van der Waals surface area contributed by atoms with Crippen molar-refractivity contribution in [2.45, 2.75) is 25.7 Å². The summed E-state index contributed by atoms with van der Waals surface area (Å²) in [5.74, 6) is -2.81. The highest BCUT2D eigenvalue weighted by Crippen LogP contribution is 2.43. The molecule has 1 fully saturated rings. The van der Waals surface area contributed by atoms with Gasteiger partial charge in [0, 0.05) is 12.5 Å². The Morgan fingerprint density at radius 3 is 2.57 bits per heavy atom. The van der Waals surface area contributed by atoms with Crippen LogP contribution in [0.1, 0.15) is 25.7 Å². The van der Waals surface area contributed by atoms with E-state index in [-0.39, 0.29) is 11.8 Å². The van der Waals surface area contributed by atoms with Crippen LogP contribution in [0.25, 0.3) is 0 Å². The molecule has 0 unspecified atom stereocenters. The van der Waals surface area contributed by atoms with Crippen LogP contribution in [-0.4, -0.2) is 17.4 Å². The molecule has 21 heavy (non-hydrogen) atoms. The fourth-order valence-electron chi connectivity index (χ4n) is 2.48. The van der Waals surface area contributed by atoms with Gasteiger partial charge in [0.25, 0.3) is 5.69 Å². The van der Waals surface area contributed by atoms with Crippen LogP contribution in [0.5, 0.6) is 0 Å². The second-order valence-corrected chi connectivity index (χ2v) is 5.32. The molecule has 8 heteroatoms. The van der Waals surface area contributed by atoms with Crippen molar-refractivity contribution < 1.29 is 18.5 Å². The molecule has 0 bridgehead atoms. The maximum atomic E-state index is 13.7. The fourth-order valence-corrected chi connectivity index (χ4v) is 2.48. The molecule has 0 saturated heterocycles. The van der Waals surface area contributed by atoms with E-state index in [9.17, 15) is 23.7 Å². The summed E-state index contributed by atoms with van der Waals surface area (Å²) in [6, 6.07) is 1.06. The molecule has 1 aliphatic carbocycles. The molecule has 0 spiro atoms. The summed E-state index contributed by atoms with van der Waals surface area (Å²) in [4.78, 5) is 21.8. The third kappa shape index (κ3) is 3.15. The van der Waals surface area contributed by atoms with Crippen molar-refractivity contribution in [2.24, 2.45) is 11.1 Å². The SMILES string of the molecule is NCC1(CC(=O)Nc2c(F)cc(F)cc2[N+](=O)[O-])CCC1. The van der Waals surface area contributed by atoms with E-state index in [4.69, 9.17) is 5.73 Å². The number of nitrogens with zero attached hydrogens (tertiary/aromatic N) is 1. The molecule has 3 N–H and O–H groups in total. The standard InChI is InChI=1S/C13H15F2N3O3/c14-8-4-9(15)12(10(5-8)18(20)21)17-11(19)6-13(7-16)2-1-3-13/h4-5H,1-3,6-7,16H2,(H,17,19). The molecule has 114 valence electrons. The highest BCUT2D eigenvalue weighted by atomic mass is 19.1. The molecule has 1 amide bonds. The number of anilines is 1. The van der Waals surface area contributed by atoms with E-state index < -0.39 is 33.8 Å². The van der Waals surface area contributed by atoms with E-state index >= 15 is 0 Å². The first-order valence-electron chi connectivity index (χ1n) is 6.50. The molecule has 1 aromatic carbocycles. The van der Waals surface area contributed by atoms with Crippen LogP contribution in [0.4, 0.5) is 20.2 Å². The molecule has 0 atom stereocenters. The number of nitro groups is 1. The van der Waals surface area contributed by atoms with Gasteiger partial charge in [0.05, 0.1) is 11.0 Å². The normalized spacial score (nSPS) is 16.1. The molecular weight excluding hydrogens is 284 g/mol. The van der Waals surface area contributed by atoms with Crippen molar-refractivity contribution in [2.75, 3.05) is 11.9 Å². The minimum Gasteiger partial charge on any atom is -0.330 e. The monoisotopic (exact) mass is 299 g/mol. The molecular formula is C13H15F2N3O3. The van der Waals surface area contributed by atoms with Gasteiger partial charge in [0.2, 0.25) is 5.91 Å². The highest BCUT2D eigenvalue weighted by molar-refractivity contribution is 5.93. The molecule has 1 aromatic rings. The molecule has 1 aliphatic rings. The smallest absolute Gasteiger partial charge is 0.298 e. The van der Waals surface area contributed by atoms with Crippen molar-refractivity contribution in [1.82, 2.24) is 0 Å². The van der Waals surface area contributed by atoms with E-state index in [1.807, 2.05) is 0 Å². The van der Waals surface area contributed by atoms with Crippen molar-refractivity contribution in [1.29, 1.82) is 0 Å². The van der Waals surface area contributed by atoms with Crippen molar-refractivity contribution in [3.63, 3.8) is 0 Å². The summed E-state index contributed by atoms with van der Waals surface area (Å²) < 4.78 is 26.7. The highest BCUT2D eigenvalue weighted by Gasteiger charge is 2.38. The average Bonchev–Trinajstić information content (AvgIpc) is 2.36. The third-order valence-corrected chi connectivity index (χ3v) is 3.88. The second-order valence-electron chi connectivity index (χ2n) is 5.32. The summed E-state index contributed by atoms with van der Waals surface area (Å²) in [7, 11) is 0. The first-order valence-corrected chi connectivity index (χ1v) is 6.50. The van der Waals surface area contributed by atoms with Gasteiger partial charge in [-0.1, -0.05) is 6.42 Å². The number of hydrogen-bond acceptors (Lipinski definition) is 4. The molecule has 2 rings (SSSR count). The van der Waals surface area contributed by atoms with E-state index in [1.54, 1.807) is 0 Å². The molecule has 0 heterocycles. The lowest BCUT2D eigenvalue weighted by molar-refractivity contribution is -0.384. The molecule has 0 radical (unpaired) electrons. The Kier molecular flexibility index (Phi) is 4.17. The predicted octanol–water partition coefficient (Wildman–Crippen LogP) is 2.33. The van der Waals surface area contributed by atoms with Gasteiger partial charge in [-0.3, -0.25) is 14.9 Å². The number of nitrogens with one attached hydrogen (secondary N) is 1. The van der Waals surface area contributed by atoms with Gasteiger partial charge < -0.3 is 11.1 Å². The Hall–Kier alpha value is -2.09. The van der Waals surface area contributed by atoms with E-state index in [2.05, 4.69) is 5.32 Å². The number of nitrogens with two attached hydrogens (primary N) is 1. The van der Waals surface area contributed by atoms with E-state index in [1.165, 1.54) is 0 Å². The number of nitro benzene ring substituents is 1.